The van der Waals surface area contributed by atoms with Gasteiger partial charge in [0.2, 0.25) is 0 Å². The number of piperidine rings is 1. The maximum Gasteiger partial charge on any atom is 0.191 e. The van der Waals surface area contributed by atoms with Crippen LogP contribution < -0.4 is 10.6 Å². The molecule has 0 bridgehead atoms. The number of rotatable bonds is 7. The maximum absolute atomic E-state index is 4.71. The number of aromatic nitrogens is 1. The van der Waals surface area contributed by atoms with E-state index in [-0.39, 0.29) is 0 Å². The number of guanidine groups is 1. The van der Waals surface area contributed by atoms with E-state index in [4.69, 9.17) is 4.99 Å². The Morgan fingerprint density at radius 1 is 1.35 bits per heavy atom. The number of nitrogens with one attached hydrogen (secondary N) is 2. The molecular formula is C17H31N5S. The molecule has 1 aromatic heterocycles. The molecule has 2 heterocycles. The molecule has 1 aliphatic heterocycles. The fraction of sp³-hybridized carbons (Fsp3) is 0.765. The minimum absolute atomic E-state index is 0.531. The minimum atomic E-state index is 0.531. The summed E-state index contributed by atoms with van der Waals surface area (Å²) in [7, 11) is 0. The lowest BCUT2D eigenvalue weighted by atomic mass is 10.1. The van der Waals surface area contributed by atoms with Gasteiger partial charge in [-0.3, -0.25) is 0 Å². The van der Waals surface area contributed by atoms with E-state index in [9.17, 15) is 0 Å². The third kappa shape index (κ3) is 6.11. The first kappa shape index (κ1) is 18.2. The van der Waals surface area contributed by atoms with Gasteiger partial charge in [-0.15, -0.1) is 11.3 Å². The number of thiazole rings is 1. The lowest BCUT2D eigenvalue weighted by molar-refractivity contribution is 0.206. The predicted octanol–water partition coefficient (Wildman–Crippen LogP) is 2.63. The monoisotopic (exact) mass is 337 g/mol. The van der Waals surface area contributed by atoms with Gasteiger partial charge in [-0.05, 0) is 39.2 Å². The Bertz CT molecular complexity index is 477. The molecular weight excluding hydrogens is 306 g/mol. The summed E-state index contributed by atoms with van der Waals surface area (Å²) < 4.78 is 0. The topological polar surface area (TPSA) is 52.5 Å². The summed E-state index contributed by atoms with van der Waals surface area (Å²) in [6.07, 6.45) is 6.66. The molecule has 0 radical (unpaired) electrons. The fourth-order valence-electron chi connectivity index (χ4n) is 2.86. The Kier molecular flexibility index (Phi) is 7.82. The molecule has 0 saturated carbocycles. The van der Waals surface area contributed by atoms with E-state index in [1.165, 1.54) is 43.8 Å². The van der Waals surface area contributed by atoms with E-state index in [1.54, 1.807) is 11.3 Å². The Labute approximate surface area is 144 Å². The summed E-state index contributed by atoms with van der Waals surface area (Å²) in [5, 5.41) is 8.05. The third-order valence-corrected chi connectivity index (χ3v) is 5.26. The van der Waals surface area contributed by atoms with Crippen LogP contribution in [0, 0.1) is 0 Å². The fourth-order valence-corrected chi connectivity index (χ4v) is 3.65. The molecule has 5 nitrogen and oxygen atoms in total. The Balaban J connectivity index is 1.84. The normalized spacial score (nSPS) is 17.4. The van der Waals surface area contributed by atoms with Gasteiger partial charge in [-0.1, -0.05) is 13.8 Å². The van der Waals surface area contributed by atoms with E-state index in [0.717, 1.165) is 23.9 Å². The van der Waals surface area contributed by atoms with Gasteiger partial charge in [0.1, 0.15) is 5.01 Å². The smallest absolute Gasteiger partial charge is 0.191 e. The summed E-state index contributed by atoms with van der Waals surface area (Å²) in [4.78, 5) is 13.0. The van der Waals surface area contributed by atoms with Crippen LogP contribution >= 0.6 is 11.3 Å². The molecule has 0 unspecified atom stereocenters. The van der Waals surface area contributed by atoms with Gasteiger partial charge in [0.15, 0.2) is 5.96 Å². The predicted molar refractivity (Wildman–Crippen MR) is 99.2 cm³/mol. The summed E-state index contributed by atoms with van der Waals surface area (Å²) in [6.45, 7) is 11.7. The molecule has 0 aliphatic carbocycles. The molecule has 1 aliphatic rings. The number of aryl methyl sites for hydroxylation is 1. The highest BCUT2D eigenvalue weighted by Crippen LogP contribution is 2.14. The average Bonchev–Trinajstić information content (AvgIpc) is 3.03. The zero-order chi connectivity index (χ0) is 16.5. The van der Waals surface area contributed by atoms with Crippen molar-refractivity contribution in [1.82, 2.24) is 20.5 Å². The second-order valence-corrected chi connectivity index (χ2v) is 7.23. The van der Waals surface area contributed by atoms with Crippen LogP contribution in [0.25, 0.3) is 0 Å². The number of aliphatic imine (C=N–C) groups is 1. The van der Waals surface area contributed by atoms with Crippen molar-refractivity contribution in [2.45, 2.75) is 59.0 Å². The number of likely N-dealkylation sites (tertiary alicyclic amines) is 1. The number of nitrogens with zero attached hydrogens (tertiary/aromatic N) is 3. The molecule has 1 saturated heterocycles. The zero-order valence-electron chi connectivity index (χ0n) is 14.8. The van der Waals surface area contributed by atoms with Crippen LogP contribution in [0.5, 0.6) is 0 Å². The molecule has 0 amide bonds. The highest BCUT2D eigenvalue weighted by Gasteiger charge is 2.19. The van der Waals surface area contributed by atoms with Crippen molar-refractivity contribution in [1.29, 1.82) is 0 Å². The van der Waals surface area contributed by atoms with Crippen molar-refractivity contribution in [2.75, 3.05) is 26.2 Å². The van der Waals surface area contributed by atoms with Gasteiger partial charge in [-0.25, -0.2) is 9.98 Å². The SMILES string of the molecule is CCCN1CCC(NC(=NCc2ncc(CC)s2)NCC)CC1. The van der Waals surface area contributed by atoms with Gasteiger partial charge in [0.25, 0.3) is 0 Å². The lowest BCUT2D eigenvalue weighted by Gasteiger charge is -2.32. The quantitative estimate of drug-likeness (QED) is 0.593. The van der Waals surface area contributed by atoms with E-state index in [2.05, 4.69) is 41.3 Å². The van der Waals surface area contributed by atoms with E-state index >= 15 is 0 Å². The van der Waals surface area contributed by atoms with Crippen molar-refractivity contribution < 1.29 is 0 Å². The van der Waals surface area contributed by atoms with Gasteiger partial charge in [-0.2, -0.15) is 0 Å². The van der Waals surface area contributed by atoms with Gasteiger partial charge >= 0.3 is 0 Å². The van der Waals surface area contributed by atoms with Crippen LogP contribution in [-0.4, -0.2) is 48.1 Å². The Morgan fingerprint density at radius 2 is 2.13 bits per heavy atom. The molecule has 0 atom stereocenters. The highest BCUT2D eigenvalue weighted by atomic mass is 32.1. The van der Waals surface area contributed by atoms with Gasteiger partial charge in [0, 0.05) is 36.8 Å². The molecule has 23 heavy (non-hydrogen) atoms. The number of hydrogen-bond acceptors (Lipinski definition) is 4. The molecule has 2 rings (SSSR count). The van der Waals surface area contributed by atoms with Crippen LogP contribution in [0.1, 0.15) is 49.9 Å². The lowest BCUT2D eigenvalue weighted by Crippen LogP contribution is -2.48. The first-order valence-electron chi connectivity index (χ1n) is 8.95. The second kappa shape index (κ2) is 9.88. The second-order valence-electron chi connectivity index (χ2n) is 6.03. The van der Waals surface area contributed by atoms with E-state index < -0.39 is 0 Å². The van der Waals surface area contributed by atoms with Crippen LogP contribution in [0.4, 0.5) is 0 Å². The highest BCUT2D eigenvalue weighted by molar-refractivity contribution is 7.11. The van der Waals surface area contributed by atoms with Gasteiger partial charge < -0.3 is 15.5 Å². The van der Waals surface area contributed by atoms with Crippen LogP contribution in [0.2, 0.25) is 0 Å². The molecule has 0 spiro atoms. The van der Waals surface area contributed by atoms with Crippen LogP contribution in [0.15, 0.2) is 11.2 Å². The van der Waals surface area contributed by atoms with Crippen molar-refractivity contribution in [3.8, 4) is 0 Å². The van der Waals surface area contributed by atoms with Crippen molar-refractivity contribution in [2.24, 2.45) is 4.99 Å². The Morgan fingerprint density at radius 3 is 2.74 bits per heavy atom. The summed E-state index contributed by atoms with van der Waals surface area (Å²) in [5.74, 6) is 0.926. The zero-order valence-corrected chi connectivity index (χ0v) is 15.6. The first-order valence-corrected chi connectivity index (χ1v) is 9.77. The largest absolute Gasteiger partial charge is 0.357 e. The van der Waals surface area contributed by atoms with Gasteiger partial charge in [0.05, 0.1) is 6.54 Å². The maximum atomic E-state index is 4.71. The van der Waals surface area contributed by atoms with Crippen LogP contribution in [-0.2, 0) is 13.0 Å². The summed E-state index contributed by atoms with van der Waals surface area (Å²) >= 11 is 1.76. The molecule has 2 N–H and O–H groups in total. The Hall–Kier alpha value is -1.14. The first-order chi connectivity index (χ1) is 11.2. The summed E-state index contributed by atoms with van der Waals surface area (Å²) in [5.41, 5.74) is 0. The molecule has 1 fully saturated rings. The molecule has 0 aromatic carbocycles. The average molecular weight is 338 g/mol. The third-order valence-electron chi connectivity index (χ3n) is 4.13. The minimum Gasteiger partial charge on any atom is -0.357 e. The molecule has 1 aromatic rings. The van der Waals surface area contributed by atoms with E-state index in [0.29, 0.717) is 12.6 Å². The summed E-state index contributed by atoms with van der Waals surface area (Å²) in [6, 6.07) is 0.531. The van der Waals surface area contributed by atoms with Crippen molar-refractivity contribution in [3.63, 3.8) is 0 Å². The van der Waals surface area contributed by atoms with Crippen molar-refractivity contribution in [3.05, 3.63) is 16.1 Å². The standard InChI is InChI=1S/C17H31N5S/c1-4-9-22-10-7-14(8-11-22)21-17(18-6-3)20-13-16-19-12-15(5-2)23-16/h12,14H,4-11,13H2,1-3H3,(H2,18,20,21). The molecule has 6 heteroatoms. The number of hydrogen-bond donors (Lipinski definition) is 2. The van der Waals surface area contributed by atoms with Crippen LogP contribution in [0.3, 0.4) is 0 Å². The van der Waals surface area contributed by atoms with E-state index in [1.807, 2.05) is 6.20 Å². The van der Waals surface area contributed by atoms with Crippen molar-refractivity contribution >= 4 is 17.3 Å². The molecule has 130 valence electrons.